The smallest absolute Gasteiger partial charge is 0.309 e. The van der Waals surface area contributed by atoms with Crippen LogP contribution in [-0.2, 0) is 28.8 Å². The van der Waals surface area contributed by atoms with Crippen molar-refractivity contribution in [2.24, 2.45) is 11.7 Å². The van der Waals surface area contributed by atoms with E-state index in [1.165, 1.54) is 36.2 Å². The minimum Gasteiger partial charge on any atom is -0.465 e. The van der Waals surface area contributed by atoms with Gasteiger partial charge in [0.1, 0.15) is 0 Å². The van der Waals surface area contributed by atoms with E-state index in [4.69, 9.17) is 10.5 Å². The van der Waals surface area contributed by atoms with Crippen molar-refractivity contribution in [1.82, 2.24) is 9.55 Å². The molecule has 0 spiro atoms. The highest BCUT2D eigenvalue weighted by molar-refractivity contribution is 5.85. The molecule has 0 unspecified atom stereocenters. The Hall–Kier alpha value is -1.56. The second-order valence-corrected chi connectivity index (χ2v) is 8.05. The summed E-state index contributed by atoms with van der Waals surface area (Å²) >= 11 is 0. The molecule has 0 saturated carbocycles. The minimum atomic E-state index is -0.161. The number of fused-ring (bicyclic) bond motifs is 3. The Morgan fingerprint density at radius 1 is 1.13 bits per heavy atom. The number of imidazole rings is 1. The number of ether oxygens (including phenoxy) is 1. The van der Waals surface area contributed by atoms with E-state index in [0.29, 0.717) is 19.6 Å². The van der Waals surface area contributed by atoms with E-state index in [0.717, 1.165) is 44.2 Å². The minimum absolute atomic E-state index is 0. The Morgan fingerprint density at radius 3 is 2.68 bits per heavy atom. The maximum atomic E-state index is 12.7. The molecule has 0 bridgehead atoms. The third-order valence-electron chi connectivity index (χ3n) is 5.86. The van der Waals surface area contributed by atoms with Crippen molar-refractivity contribution in [3.63, 3.8) is 0 Å². The Bertz CT molecular complexity index is 795. The maximum Gasteiger partial charge on any atom is 0.309 e. The third-order valence-corrected chi connectivity index (χ3v) is 5.86. The van der Waals surface area contributed by atoms with Crippen LogP contribution in [0.3, 0.4) is 0 Å². The molecule has 7 heteroatoms. The Morgan fingerprint density at radius 2 is 1.90 bits per heavy atom. The zero-order valence-corrected chi connectivity index (χ0v) is 20.2. The molecule has 2 N–H and O–H groups in total. The molecule has 174 valence electrons. The molecular formula is C24H37Cl2N3O2. The summed E-state index contributed by atoms with van der Waals surface area (Å²) in [6.07, 6.45) is 11.9. The number of aromatic nitrogens is 2. The van der Waals surface area contributed by atoms with Crippen LogP contribution in [-0.4, -0.2) is 28.7 Å². The van der Waals surface area contributed by atoms with E-state index >= 15 is 0 Å². The van der Waals surface area contributed by atoms with Crippen LogP contribution in [0.5, 0.6) is 0 Å². The van der Waals surface area contributed by atoms with Crippen molar-refractivity contribution in [3.05, 3.63) is 47.5 Å². The molecule has 2 heterocycles. The second-order valence-electron chi connectivity index (χ2n) is 8.05. The number of carbonyl (C=O) groups excluding carboxylic acids is 1. The quantitative estimate of drug-likeness (QED) is 0.341. The summed E-state index contributed by atoms with van der Waals surface area (Å²) in [6, 6.07) is 8.47. The Balaban J connectivity index is 0.00000240. The zero-order chi connectivity index (χ0) is 20.5. The number of benzene rings is 1. The molecule has 1 aliphatic rings. The van der Waals surface area contributed by atoms with Crippen LogP contribution < -0.4 is 5.73 Å². The highest BCUT2D eigenvalue weighted by Gasteiger charge is 2.25. The van der Waals surface area contributed by atoms with E-state index in [9.17, 15) is 4.79 Å². The van der Waals surface area contributed by atoms with Crippen molar-refractivity contribution >= 4 is 30.8 Å². The second kappa shape index (κ2) is 14.5. The van der Waals surface area contributed by atoms with E-state index < -0.39 is 0 Å². The molecule has 1 atom stereocenters. The van der Waals surface area contributed by atoms with Crippen molar-refractivity contribution in [2.75, 3.05) is 13.2 Å². The number of nitrogens with two attached hydrogens (primary N) is 1. The summed E-state index contributed by atoms with van der Waals surface area (Å²) in [5.41, 5.74) is 10.5. The van der Waals surface area contributed by atoms with Crippen molar-refractivity contribution < 1.29 is 9.53 Å². The number of para-hydroxylation sites is 1. The number of unbranched alkanes of at least 4 members (excludes halogenated alkanes) is 4. The monoisotopic (exact) mass is 469 g/mol. The molecular weight excluding hydrogens is 433 g/mol. The summed E-state index contributed by atoms with van der Waals surface area (Å²) in [5, 5.41) is 0. The summed E-state index contributed by atoms with van der Waals surface area (Å²) in [6.45, 7) is 3.32. The summed E-state index contributed by atoms with van der Waals surface area (Å²) in [4.78, 5) is 17.4. The van der Waals surface area contributed by atoms with Crippen molar-refractivity contribution in [1.29, 1.82) is 0 Å². The van der Waals surface area contributed by atoms with Gasteiger partial charge < -0.3 is 15.0 Å². The Kier molecular flexibility index (Phi) is 12.8. The van der Waals surface area contributed by atoms with E-state index in [-0.39, 0.29) is 36.7 Å². The first kappa shape index (κ1) is 27.5. The van der Waals surface area contributed by atoms with Gasteiger partial charge in [-0.05, 0) is 50.3 Å². The molecule has 0 radical (unpaired) electrons. The summed E-state index contributed by atoms with van der Waals surface area (Å²) < 4.78 is 7.80. The average Bonchev–Trinajstić information content (AvgIpc) is 3.16. The van der Waals surface area contributed by atoms with Crippen LogP contribution in [0, 0.1) is 5.92 Å². The zero-order valence-electron chi connectivity index (χ0n) is 18.6. The van der Waals surface area contributed by atoms with Gasteiger partial charge in [-0.25, -0.2) is 4.98 Å². The van der Waals surface area contributed by atoms with Gasteiger partial charge in [-0.15, -0.1) is 24.8 Å². The number of esters is 1. The fraction of sp³-hybridized carbons (Fsp3) is 0.583. The highest BCUT2D eigenvalue weighted by atomic mass is 35.5. The lowest BCUT2D eigenvalue weighted by Crippen LogP contribution is -2.23. The van der Waals surface area contributed by atoms with E-state index in [2.05, 4.69) is 40.7 Å². The predicted molar refractivity (Wildman–Crippen MR) is 131 cm³/mol. The van der Waals surface area contributed by atoms with Crippen LogP contribution in [0.4, 0.5) is 0 Å². The van der Waals surface area contributed by atoms with Gasteiger partial charge in [-0.3, -0.25) is 4.79 Å². The van der Waals surface area contributed by atoms with Crippen LogP contribution in [0.2, 0.25) is 0 Å². The summed E-state index contributed by atoms with van der Waals surface area (Å²) in [7, 11) is 0. The van der Waals surface area contributed by atoms with Crippen molar-refractivity contribution in [2.45, 2.75) is 71.1 Å². The normalized spacial score (nSPS) is 12.7. The van der Waals surface area contributed by atoms with Gasteiger partial charge in [0.05, 0.1) is 24.5 Å². The molecule has 0 saturated heterocycles. The number of carbonyl (C=O) groups is 1. The fourth-order valence-electron chi connectivity index (χ4n) is 4.16. The molecule has 0 aliphatic carbocycles. The van der Waals surface area contributed by atoms with Gasteiger partial charge in [-0.2, -0.15) is 0 Å². The lowest BCUT2D eigenvalue weighted by Gasteiger charge is -2.20. The first-order chi connectivity index (χ1) is 14.2. The maximum absolute atomic E-state index is 12.7. The van der Waals surface area contributed by atoms with Gasteiger partial charge in [0.25, 0.3) is 0 Å². The molecule has 31 heavy (non-hydrogen) atoms. The average molecular weight is 470 g/mol. The van der Waals surface area contributed by atoms with Crippen LogP contribution in [0.15, 0.2) is 30.6 Å². The lowest BCUT2D eigenvalue weighted by molar-refractivity contribution is -0.149. The van der Waals surface area contributed by atoms with Crippen LogP contribution >= 0.6 is 24.8 Å². The van der Waals surface area contributed by atoms with Gasteiger partial charge in [-0.1, -0.05) is 50.8 Å². The molecule has 1 aliphatic heterocycles. The first-order valence-corrected chi connectivity index (χ1v) is 11.2. The highest BCUT2D eigenvalue weighted by Crippen LogP contribution is 2.28. The number of halogens is 2. The number of hydrogen-bond acceptors (Lipinski definition) is 4. The van der Waals surface area contributed by atoms with E-state index in [1.54, 1.807) is 0 Å². The molecule has 1 aromatic heterocycles. The number of aryl methyl sites for hydroxylation is 1. The first-order valence-electron chi connectivity index (χ1n) is 11.2. The number of rotatable bonds is 12. The largest absolute Gasteiger partial charge is 0.465 e. The van der Waals surface area contributed by atoms with Crippen LogP contribution in [0.25, 0.3) is 5.69 Å². The summed E-state index contributed by atoms with van der Waals surface area (Å²) in [5.74, 6) is -0.252. The SMILES string of the molecule is CCCCCCCOC(=O)[C@@H](CCCN)Cc1ncn2c1CCc1ccccc1-2.Cl.Cl. The number of hydrogen-bond donors (Lipinski definition) is 1. The fourth-order valence-corrected chi connectivity index (χ4v) is 4.16. The van der Waals surface area contributed by atoms with Gasteiger partial charge in [0.2, 0.25) is 0 Å². The molecule has 3 rings (SSSR count). The molecule has 0 amide bonds. The topological polar surface area (TPSA) is 70.1 Å². The van der Waals surface area contributed by atoms with Gasteiger partial charge >= 0.3 is 5.97 Å². The van der Waals surface area contributed by atoms with Gasteiger partial charge in [0, 0.05) is 17.8 Å². The van der Waals surface area contributed by atoms with E-state index in [1.807, 2.05) is 6.33 Å². The number of nitrogens with zero attached hydrogens (tertiary/aromatic N) is 2. The van der Waals surface area contributed by atoms with Crippen LogP contribution in [0.1, 0.15) is 68.8 Å². The van der Waals surface area contributed by atoms with Gasteiger partial charge in [0.15, 0.2) is 0 Å². The third kappa shape index (κ3) is 7.51. The molecule has 2 aromatic rings. The van der Waals surface area contributed by atoms with Crippen molar-refractivity contribution in [3.8, 4) is 5.69 Å². The predicted octanol–water partition coefficient (Wildman–Crippen LogP) is 5.23. The lowest BCUT2D eigenvalue weighted by atomic mass is 9.94. The Labute approximate surface area is 199 Å². The molecule has 1 aromatic carbocycles. The molecule has 0 fully saturated rings. The molecule has 5 nitrogen and oxygen atoms in total. The standard InChI is InChI=1S/C24H35N3O2.2ClH/c1-2-3-4-5-8-16-29-24(28)20(11-9-15-25)17-21-23-14-13-19-10-6-7-12-22(19)27(23)18-26-21;;/h6-7,10,12,18,20H,2-5,8-9,11,13-17,25H2,1H3;2*1H/t20-;;/m0../s1.